The maximum absolute atomic E-state index is 12.8. The van der Waals surface area contributed by atoms with E-state index in [2.05, 4.69) is 86.1 Å². The zero-order valence-corrected chi connectivity index (χ0v) is 57.5. The molecule has 2 heterocycles. The minimum absolute atomic E-state index is 0.179. The molecule has 0 bridgehead atoms. The van der Waals surface area contributed by atoms with Gasteiger partial charge < -0.3 is 47.7 Å². The van der Waals surface area contributed by atoms with Crippen molar-refractivity contribution in [2.75, 3.05) is 90.4 Å². The molecule has 0 aromatic heterocycles. The number of allylic oxidation sites excluding steroid dienone is 8. The highest BCUT2D eigenvalue weighted by Gasteiger charge is 2.22. The van der Waals surface area contributed by atoms with Gasteiger partial charge in [-0.2, -0.15) is 0 Å². The molecule has 0 atom stereocenters. The first-order valence-electron chi connectivity index (χ1n) is 34.8. The third-order valence-electron chi connectivity index (χ3n) is 16.1. The maximum atomic E-state index is 12.8. The van der Waals surface area contributed by atoms with Crippen molar-refractivity contribution in [3.8, 4) is 11.5 Å². The lowest BCUT2D eigenvalue weighted by Crippen LogP contribution is -2.36. The molecule has 90 heavy (non-hydrogen) atoms. The Morgan fingerprint density at radius 1 is 0.433 bits per heavy atom. The van der Waals surface area contributed by atoms with Gasteiger partial charge in [0.05, 0.1) is 38.9 Å². The number of carbonyl (C=O) groups is 4. The number of rotatable bonds is 53. The summed E-state index contributed by atoms with van der Waals surface area (Å²) in [6.07, 6.45) is 41.0. The van der Waals surface area contributed by atoms with E-state index in [9.17, 15) is 19.2 Å². The fraction of sp³-hybridized carbons (Fsp3) is 0.676. The van der Waals surface area contributed by atoms with Crippen LogP contribution in [0.5, 0.6) is 11.5 Å². The van der Waals surface area contributed by atoms with E-state index in [1.54, 1.807) is 24.3 Å². The number of unbranched alkanes of at least 4 members (excludes halogenated alkanes) is 8. The van der Waals surface area contributed by atoms with E-state index in [-0.39, 0.29) is 49.6 Å². The first kappa shape index (κ1) is 78.2. The number of hydrogen-bond donors (Lipinski definition) is 0. The zero-order valence-electron chi connectivity index (χ0n) is 55.9. The van der Waals surface area contributed by atoms with Crippen LogP contribution in [-0.2, 0) is 60.4 Å². The summed E-state index contributed by atoms with van der Waals surface area (Å²) in [5, 5.41) is 0. The van der Waals surface area contributed by atoms with Gasteiger partial charge in [0.15, 0.2) is 12.6 Å². The molecule has 0 saturated carbocycles. The van der Waals surface area contributed by atoms with Crippen molar-refractivity contribution in [1.82, 2.24) is 9.80 Å². The molecule has 0 radical (unpaired) electrons. The SMILES string of the molecule is CC/C=C\CCCCOC(CCC(=O)Oc1ccc(CC(=O)OCCC2CCN(CCSSCCN3CCC(CCOC(=O)Cc4ccc(OC(=O)CCC(OCCCC/C=C\CC)OCCCC/C=C\CC)cc4)CC3)CC2)cc1)OCCCC/C=C\CC. The van der Waals surface area contributed by atoms with Crippen molar-refractivity contribution in [3.05, 3.63) is 108 Å². The highest BCUT2D eigenvalue weighted by Crippen LogP contribution is 2.27. The third kappa shape index (κ3) is 40.7. The second-order valence-electron chi connectivity index (χ2n) is 23.7. The average Bonchev–Trinajstić information content (AvgIpc) is 3.61. The lowest BCUT2D eigenvalue weighted by molar-refractivity contribution is -0.155. The Morgan fingerprint density at radius 3 is 1.07 bits per heavy atom. The predicted molar refractivity (Wildman–Crippen MR) is 369 cm³/mol. The van der Waals surface area contributed by atoms with Crippen LogP contribution in [0, 0.1) is 11.8 Å². The van der Waals surface area contributed by atoms with Crippen LogP contribution in [-0.4, -0.2) is 137 Å². The van der Waals surface area contributed by atoms with Gasteiger partial charge in [0.2, 0.25) is 0 Å². The van der Waals surface area contributed by atoms with Gasteiger partial charge in [-0.15, -0.1) is 0 Å². The van der Waals surface area contributed by atoms with E-state index < -0.39 is 12.6 Å². The second kappa shape index (κ2) is 53.1. The monoisotopic (exact) mass is 1290 g/mol. The number of nitrogens with zero attached hydrogens (tertiary/aromatic N) is 2. The Hall–Kier alpha value is -4.26. The van der Waals surface area contributed by atoms with Crippen LogP contribution in [0.4, 0.5) is 0 Å². The minimum atomic E-state index is -0.444. The van der Waals surface area contributed by atoms with Crippen LogP contribution in [0.15, 0.2) is 97.1 Å². The van der Waals surface area contributed by atoms with Crippen molar-refractivity contribution in [3.63, 3.8) is 0 Å². The molecule has 2 aromatic rings. The average molecular weight is 1290 g/mol. The predicted octanol–water partition coefficient (Wildman–Crippen LogP) is 16.8. The number of esters is 4. The normalized spacial score (nSPS) is 14.8. The standard InChI is InChI=1S/C74H116N2O12S2/c1-5-9-13-17-21-25-53-83-73(84-54-26-22-18-14-10-6-2)39-37-69(77)87-67-33-29-65(30-34-67)61-71(79)81-57-45-63-41-47-75(48-42-63)51-59-89-90-60-52-76-49-43-64(44-50-76)46-58-82-72(80)62-66-31-35-68(36-32-66)88-70(78)38-40-74(85-55-27-23-19-15-11-7-3)86-56-28-24-20-16-12-8-4/h9-16,29-36,63-64,73-74H,5-8,17-28,37-62H2,1-4H3/b13-9-,14-10-,15-11-,16-12-. The summed E-state index contributed by atoms with van der Waals surface area (Å²) in [7, 11) is 3.95. The molecule has 0 spiro atoms. The highest BCUT2D eigenvalue weighted by atomic mass is 33.1. The molecule has 4 rings (SSSR count). The number of ether oxygens (including phenoxy) is 8. The van der Waals surface area contributed by atoms with E-state index in [1.807, 2.05) is 45.9 Å². The number of benzene rings is 2. The van der Waals surface area contributed by atoms with Crippen LogP contribution in [0.2, 0.25) is 0 Å². The molecule has 2 aliphatic heterocycles. The van der Waals surface area contributed by atoms with Gasteiger partial charge in [-0.05, 0) is 215 Å². The van der Waals surface area contributed by atoms with Gasteiger partial charge in [-0.3, -0.25) is 19.2 Å². The molecule has 2 fully saturated rings. The molecule has 0 N–H and O–H groups in total. The smallest absolute Gasteiger partial charge is 0.311 e. The molecule has 0 unspecified atom stereocenters. The third-order valence-corrected chi connectivity index (χ3v) is 18.5. The van der Waals surface area contributed by atoms with Gasteiger partial charge in [-0.1, -0.05) is 122 Å². The van der Waals surface area contributed by atoms with Crippen LogP contribution in [0.1, 0.15) is 206 Å². The topological polar surface area (TPSA) is 149 Å². The summed E-state index contributed by atoms with van der Waals surface area (Å²) in [5.74, 6) is 3.10. The summed E-state index contributed by atoms with van der Waals surface area (Å²) >= 11 is 0. The molecule has 14 nitrogen and oxygen atoms in total. The van der Waals surface area contributed by atoms with E-state index in [4.69, 9.17) is 37.9 Å². The van der Waals surface area contributed by atoms with E-state index in [0.29, 0.717) is 75.8 Å². The van der Waals surface area contributed by atoms with Crippen molar-refractivity contribution < 1.29 is 57.1 Å². The van der Waals surface area contributed by atoms with Crippen LogP contribution in [0.3, 0.4) is 0 Å². The molecule has 0 aliphatic carbocycles. The zero-order chi connectivity index (χ0) is 64.2. The number of carbonyl (C=O) groups excluding carboxylic acids is 4. The first-order chi connectivity index (χ1) is 44.2. The molecule has 506 valence electrons. The molecular weight excluding hydrogens is 1170 g/mol. The van der Waals surface area contributed by atoms with Gasteiger partial charge >= 0.3 is 23.9 Å². The second-order valence-corrected chi connectivity index (χ2v) is 26.4. The molecule has 0 amide bonds. The number of likely N-dealkylation sites (tertiary alicyclic amines) is 2. The summed E-state index contributed by atoms with van der Waals surface area (Å²) < 4.78 is 46.8. The Kier molecular flexibility index (Phi) is 46.2. The van der Waals surface area contributed by atoms with Crippen molar-refractivity contribution in [2.45, 2.75) is 220 Å². The minimum Gasteiger partial charge on any atom is -0.465 e. The summed E-state index contributed by atoms with van der Waals surface area (Å²) in [4.78, 5) is 56.3. The molecule has 16 heteroatoms. The van der Waals surface area contributed by atoms with Crippen LogP contribution in [0.25, 0.3) is 0 Å². The maximum Gasteiger partial charge on any atom is 0.311 e. The Morgan fingerprint density at radius 2 is 0.756 bits per heavy atom. The number of hydrogen-bond acceptors (Lipinski definition) is 16. The van der Waals surface area contributed by atoms with E-state index in [0.717, 1.165) is 203 Å². The van der Waals surface area contributed by atoms with Crippen molar-refractivity contribution in [1.29, 1.82) is 0 Å². The van der Waals surface area contributed by atoms with E-state index in [1.165, 1.54) is 0 Å². The summed E-state index contributed by atoms with van der Waals surface area (Å²) in [6.45, 7) is 18.4. The summed E-state index contributed by atoms with van der Waals surface area (Å²) in [5.41, 5.74) is 1.64. The Bertz CT molecular complexity index is 2060. The molecular formula is C74H116N2O12S2. The van der Waals surface area contributed by atoms with Crippen LogP contribution < -0.4 is 9.47 Å². The fourth-order valence-corrected chi connectivity index (χ4v) is 12.7. The molecule has 2 aliphatic rings. The number of piperidine rings is 2. The summed E-state index contributed by atoms with van der Waals surface area (Å²) in [6, 6.07) is 14.2. The highest BCUT2D eigenvalue weighted by molar-refractivity contribution is 8.76. The van der Waals surface area contributed by atoms with Crippen molar-refractivity contribution in [2.24, 2.45) is 11.8 Å². The fourth-order valence-electron chi connectivity index (χ4n) is 10.6. The van der Waals surface area contributed by atoms with Crippen molar-refractivity contribution >= 4 is 45.5 Å². The largest absolute Gasteiger partial charge is 0.465 e. The van der Waals surface area contributed by atoms with E-state index >= 15 is 0 Å². The Balaban J connectivity index is 0.967. The van der Waals surface area contributed by atoms with Gasteiger partial charge in [0, 0.05) is 63.9 Å². The quantitative estimate of drug-likeness (QED) is 0.0154. The van der Waals surface area contributed by atoms with Gasteiger partial charge in [-0.25, -0.2) is 0 Å². The molecule has 2 saturated heterocycles. The first-order valence-corrected chi connectivity index (χ1v) is 37.3. The molecule has 2 aromatic carbocycles. The lowest BCUT2D eigenvalue weighted by Gasteiger charge is -2.32. The van der Waals surface area contributed by atoms with Gasteiger partial charge in [0.1, 0.15) is 11.5 Å². The van der Waals surface area contributed by atoms with Crippen LogP contribution >= 0.6 is 21.6 Å². The van der Waals surface area contributed by atoms with Gasteiger partial charge in [0.25, 0.3) is 0 Å². The Labute approximate surface area is 551 Å². The lowest BCUT2D eigenvalue weighted by atomic mass is 9.94.